The molecule has 1 saturated heterocycles. The lowest BCUT2D eigenvalue weighted by molar-refractivity contribution is -0.185. The molecule has 1 heterocycles. The molecule has 0 radical (unpaired) electrons. The van der Waals surface area contributed by atoms with Gasteiger partial charge in [-0.05, 0) is 25.2 Å². The van der Waals surface area contributed by atoms with Crippen LogP contribution in [0.5, 0.6) is 0 Å². The largest absolute Gasteiger partial charge is 0.377 e. The molecule has 2 N–H and O–H groups in total. The minimum atomic E-state index is -0.746. The SMILES string of the molecule is CC1CCCC(N(C)C(=O)C2(N)C3CCOC3C2(C)C)C1. The Balaban J connectivity index is 1.77. The molecule has 120 valence electrons. The van der Waals surface area contributed by atoms with Gasteiger partial charge in [0, 0.05) is 31.0 Å². The molecule has 0 aromatic rings. The lowest BCUT2D eigenvalue weighted by Gasteiger charge is -2.62. The number of likely N-dealkylation sites (N-methyl/N-ethyl adjacent to an activating group) is 1. The number of nitrogens with two attached hydrogens (primary N) is 1. The first-order valence-corrected chi connectivity index (χ1v) is 8.48. The Morgan fingerprint density at radius 2 is 2.00 bits per heavy atom. The summed E-state index contributed by atoms with van der Waals surface area (Å²) < 4.78 is 5.80. The molecule has 21 heavy (non-hydrogen) atoms. The van der Waals surface area contributed by atoms with E-state index in [2.05, 4.69) is 20.8 Å². The first-order valence-electron chi connectivity index (χ1n) is 8.48. The fourth-order valence-corrected chi connectivity index (χ4v) is 5.03. The Hall–Kier alpha value is -0.610. The zero-order chi connectivity index (χ0) is 15.4. The van der Waals surface area contributed by atoms with Gasteiger partial charge in [-0.3, -0.25) is 4.79 Å². The zero-order valence-electron chi connectivity index (χ0n) is 13.9. The molecule has 3 rings (SSSR count). The van der Waals surface area contributed by atoms with E-state index in [1.54, 1.807) is 0 Å². The predicted octanol–water partition coefficient (Wildman–Crippen LogP) is 2.17. The lowest BCUT2D eigenvalue weighted by Crippen LogP contribution is -2.80. The number of hydrogen-bond donors (Lipinski definition) is 1. The zero-order valence-corrected chi connectivity index (χ0v) is 13.9. The van der Waals surface area contributed by atoms with E-state index in [1.807, 2.05) is 11.9 Å². The average molecular weight is 294 g/mol. The van der Waals surface area contributed by atoms with E-state index in [9.17, 15) is 4.79 Å². The maximum absolute atomic E-state index is 13.2. The molecule has 0 spiro atoms. The summed E-state index contributed by atoms with van der Waals surface area (Å²) in [6, 6.07) is 0.360. The number of carbonyl (C=O) groups is 1. The summed E-state index contributed by atoms with van der Waals surface area (Å²) in [5, 5.41) is 0. The number of carbonyl (C=O) groups excluding carboxylic acids is 1. The Labute approximate surface area is 128 Å². The number of hydrogen-bond acceptors (Lipinski definition) is 3. The third kappa shape index (κ3) is 1.98. The third-order valence-electron chi connectivity index (χ3n) is 6.58. The van der Waals surface area contributed by atoms with Crippen LogP contribution in [0.4, 0.5) is 0 Å². The smallest absolute Gasteiger partial charge is 0.243 e. The molecule has 1 aliphatic heterocycles. The summed E-state index contributed by atoms with van der Waals surface area (Å²) in [7, 11) is 1.96. The highest BCUT2D eigenvalue weighted by molar-refractivity contribution is 5.89. The molecule has 0 aromatic heterocycles. The van der Waals surface area contributed by atoms with Crippen LogP contribution < -0.4 is 5.73 Å². The van der Waals surface area contributed by atoms with E-state index >= 15 is 0 Å². The second-order valence-corrected chi connectivity index (χ2v) is 8.12. The summed E-state index contributed by atoms with van der Waals surface area (Å²) in [5.41, 5.74) is 5.67. The first-order chi connectivity index (χ1) is 9.80. The molecule has 5 unspecified atom stereocenters. The number of rotatable bonds is 2. The first kappa shape index (κ1) is 15.3. The predicted molar refractivity (Wildman–Crippen MR) is 82.7 cm³/mol. The van der Waals surface area contributed by atoms with Gasteiger partial charge in [0.15, 0.2) is 0 Å². The van der Waals surface area contributed by atoms with Crippen LogP contribution in [0.15, 0.2) is 0 Å². The highest BCUT2D eigenvalue weighted by Gasteiger charge is 2.71. The van der Waals surface area contributed by atoms with Gasteiger partial charge < -0.3 is 15.4 Å². The van der Waals surface area contributed by atoms with E-state index in [1.165, 1.54) is 12.8 Å². The Bertz CT molecular complexity index is 437. The van der Waals surface area contributed by atoms with Gasteiger partial charge in [-0.15, -0.1) is 0 Å². The number of fused-ring (bicyclic) bond motifs is 1. The van der Waals surface area contributed by atoms with Gasteiger partial charge in [0.2, 0.25) is 5.91 Å². The summed E-state index contributed by atoms with van der Waals surface area (Å²) >= 11 is 0. The Kier molecular flexibility index (Phi) is 3.61. The number of amides is 1. The van der Waals surface area contributed by atoms with E-state index in [-0.39, 0.29) is 23.3 Å². The van der Waals surface area contributed by atoms with Crippen molar-refractivity contribution < 1.29 is 9.53 Å². The lowest BCUT2D eigenvalue weighted by atomic mass is 9.47. The molecule has 0 aromatic carbocycles. The van der Waals surface area contributed by atoms with E-state index < -0.39 is 5.54 Å². The van der Waals surface area contributed by atoms with Crippen molar-refractivity contribution in [1.29, 1.82) is 0 Å². The van der Waals surface area contributed by atoms with Gasteiger partial charge in [-0.25, -0.2) is 0 Å². The van der Waals surface area contributed by atoms with Gasteiger partial charge in [0.1, 0.15) is 5.54 Å². The molecular weight excluding hydrogens is 264 g/mol. The molecule has 0 bridgehead atoms. The van der Waals surface area contributed by atoms with Crippen molar-refractivity contribution in [3.63, 3.8) is 0 Å². The Morgan fingerprint density at radius 1 is 1.29 bits per heavy atom. The monoisotopic (exact) mass is 294 g/mol. The molecule has 2 saturated carbocycles. The summed E-state index contributed by atoms with van der Waals surface area (Å²) in [4.78, 5) is 15.1. The molecule has 4 nitrogen and oxygen atoms in total. The Morgan fingerprint density at radius 3 is 2.67 bits per heavy atom. The summed E-state index contributed by atoms with van der Waals surface area (Å²) in [5.74, 6) is 1.05. The van der Waals surface area contributed by atoms with Crippen molar-refractivity contribution in [1.82, 2.24) is 4.90 Å². The van der Waals surface area contributed by atoms with Crippen molar-refractivity contribution in [2.24, 2.45) is 23.0 Å². The van der Waals surface area contributed by atoms with Crippen LogP contribution in [0.2, 0.25) is 0 Å². The molecule has 2 aliphatic carbocycles. The molecular formula is C17H30N2O2. The second kappa shape index (κ2) is 4.95. The van der Waals surface area contributed by atoms with Crippen molar-refractivity contribution in [2.45, 2.75) is 70.6 Å². The number of ether oxygens (including phenoxy) is 1. The maximum Gasteiger partial charge on any atom is 0.243 e. The van der Waals surface area contributed by atoms with Crippen LogP contribution in [0.3, 0.4) is 0 Å². The van der Waals surface area contributed by atoms with Crippen LogP contribution in [0, 0.1) is 17.3 Å². The number of nitrogens with zero attached hydrogens (tertiary/aromatic N) is 1. The van der Waals surface area contributed by atoms with Crippen LogP contribution in [0.1, 0.15) is 52.9 Å². The van der Waals surface area contributed by atoms with Gasteiger partial charge >= 0.3 is 0 Å². The van der Waals surface area contributed by atoms with E-state index in [0.29, 0.717) is 12.0 Å². The van der Waals surface area contributed by atoms with Crippen molar-refractivity contribution >= 4 is 5.91 Å². The molecule has 3 fully saturated rings. The highest BCUT2D eigenvalue weighted by atomic mass is 16.5. The third-order valence-corrected chi connectivity index (χ3v) is 6.58. The quantitative estimate of drug-likeness (QED) is 0.849. The highest BCUT2D eigenvalue weighted by Crippen LogP contribution is 2.58. The molecule has 3 aliphatic rings. The summed E-state index contributed by atoms with van der Waals surface area (Å²) in [6.45, 7) is 7.22. The topological polar surface area (TPSA) is 55.6 Å². The molecule has 5 atom stereocenters. The van der Waals surface area contributed by atoms with Crippen LogP contribution in [-0.2, 0) is 9.53 Å². The average Bonchev–Trinajstić information content (AvgIpc) is 2.93. The fraction of sp³-hybridized carbons (Fsp3) is 0.941. The van der Waals surface area contributed by atoms with Gasteiger partial charge in [-0.2, -0.15) is 0 Å². The minimum absolute atomic E-state index is 0.137. The van der Waals surface area contributed by atoms with E-state index in [0.717, 1.165) is 25.9 Å². The standard InChI is InChI=1S/C17H30N2O2/c1-11-6-5-7-12(10-11)19(4)15(20)17(18)13-8-9-21-14(13)16(17,2)3/h11-14H,5-10,18H2,1-4H3. The molecule has 1 amide bonds. The normalized spacial score (nSPS) is 44.8. The van der Waals surface area contributed by atoms with Gasteiger partial charge in [0.05, 0.1) is 6.10 Å². The van der Waals surface area contributed by atoms with Crippen LogP contribution >= 0.6 is 0 Å². The maximum atomic E-state index is 13.2. The van der Waals surface area contributed by atoms with Gasteiger partial charge in [0.25, 0.3) is 0 Å². The van der Waals surface area contributed by atoms with Crippen molar-refractivity contribution in [3.05, 3.63) is 0 Å². The van der Waals surface area contributed by atoms with Crippen molar-refractivity contribution in [2.75, 3.05) is 13.7 Å². The van der Waals surface area contributed by atoms with E-state index in [4.69, 9.17) is 10.5 Å². The fourth-order valence-electron chi connectivity index (χ4n) is 5.03. The van der Waals surface area contributed by atoms with Crippen LogP contribution in [-0.4, -0.2) is 42.1 Å². The molecule has 4 heteroatoms. The van der Waals surface area contributed by atoms with Crippen molar-refractivity contribution in [3.8, 4) is 0 Å². The minimum Gasteiger partial charge on any atom is -0.377 e. The van der Waals surface area contributed by atoms with Crippen LogP contribution in [0.25, 0.3) is 0 Å². The second-order valence-electron chi connectivity index (χ2n) is 8.12. The summed E-state index contributed by atoms with van der Waals surface area (Å²) in [6.07, 6.45) is 5.82. The van der Waals surface area contributed by atoms with Gasteiger partial charge in [-0.1, -0.05) is 33.6 Å².